The van der Waals surface area contributed by atoms with Gasteiger partial charge in [0, 0.05) is 30.2 Å². The maximum Gasteiger partial charge on any atom is 0.269 e. The van der Waals surface area contributed by atoms with Gasteiger partial charge in [-0.2, -0.15) is 0 Å². The van der Waals surface area contributed by atoms with E-state index in [0.717, 1.165) is 36.8 Å². The normalized spacial score (nSPS) is 12.1. The molecule has 2 rings (SSSR count). The molecule has 0 spiro atoms. The van der Waals surface area contributed by atoms with Gasteiger partial charge in [-0.3, -0.25) is 20.2 Å². The van der Waals surface area contributed by atoms with Crippen molar-refractivity contribution in [2.45, 2.75) is 45.4 Å². The molecule has 0 amide bonds. The van der Waals surface area contributed by atoms with Crippen molar-refractivity contribution >= 4 is 11.4 Å². The molecule has 6 heteroatoms. The number of nitro groups is 2. The highest BCUT2D eigenvalue weighted by Crippen LogP contribution is 2.33. The molecule has 0 aromatic heterocycles. The topological polar surface area (TPSA) is 86.3 Å². The van der Waals surface area contributed by atoms with Gasteiger partial charge in [-0.05, 0) is 29.9 Å². The third kappa shape index (κ3) is 5.12. The minimum absolute atomic E-state index is 0.0653. The summed E-state index contributed by atoms with van der Waals surface area (Å²) in [6.07, 6.45) is 4.23. The molecule has 0 saturated heterocycles. The fourth-order valence-corrected chi connectivity index (χ4v) is 3.27. The van der Waals surface area contributed by atoms with Gasteiger partial charge in [0.1, 0.15) is 0 Å². The lowest BCUT2D eigenvalue weighted by Crippen LogP contribution is -2.05. The molecule has 1 atom stereocenters. The van der Waals surface area contributed by atoms with E-state index < -0.39 is 9.85 Å². The van der Waals surface area contributed by atoms with Gasteiger partial charge in [0.05, 0.1) is 9.85 Å². The average molecular weight is 356 g/mol. The molecule has 0 saturated carbocycles. The van der Waals surface area contributed by atoms with Crippen molar-refractivity contribution in [3.05, 3.63) is 79.9 Å². The Kier molecular flexibility index (Phi) is 6.83. The third-order valence-corrected chi connectivity index (χ3v) is 4.74. The van der Waals surface area contributed by atoms with Crippen molar-refractivity contribution in [2.24, 2.45) is 5.92 Å². The Morgan fingerprint density at radius 2 is 1.19 bits per heavy atom. The molecule has 0 aliphatic heterocycles. The summed E-state index contributed by atoms with van der Waals surface area (Å²) < 4.78 is 0. The van der Waals surface area contributed by atoms with E-state index in [-0.39, 0.29) is 17.3 Å². The van der Waals surface area contributed by atoms with Crippen molar-refractivity contribution in [3.63, 3.8) is 0 Å². The summed E-state index contributed by atoms with van der Waals surface area (Å²) in [5.74, 6) is 0.662. The van der Waals surface area contributed by atoms with Crippen molar-refractivity contribution in [1.29, 1.82) is 0 Å². The zero-order valence-electron chi connectivity index (χ0n) is 15.1. The second-order valence-electron chi connectivity index (χ2n) is 6.72. The van der Waals surface area contributed by atoms with Crippen LogP contribution in [-0.4, -0.2) is 9.85 Å². The van der Waals surface area contributed by atoms with Crippen LogP contribution in [0.3, 0.4) is 0 Å². The van der Waals surface area contributed by atoms with E-state index in [1.165, 1.54) is 24.3 Å². The van der Waals surface area contributed by atoms with E-state index in [0.29, 0.717) is 5.92 Å². The van der Waals surface area contributed by atoms with Gasteiger partial charge in [-0.25, -0.2) is 0 Å². The summed E-state index contributed by atoms with van der Waals surface area (Å²) in [5, 5.41) is 21.8. The molecule has 0 aliphatic carbocycles. The molecule has 0 fully saturated rings. The van der Waals surface area contributed by atoms with E-state index >= 15 is 0 Å². The fourth-order valence-electron chi connectivity index (χ4n) is 3.27. The Labute approximate surface area is 153 Å². The number of nitro benzene ring substituents is 2. The Hall–Kier alpha value is -2.76. The van der Waals surface area contributed by atoms with E-state index in [1.807, 2.05) is 0 Å². The fraction of sp³-hybridized carbons (Fsp3) is 0.400. The first-order chi connectivity index (χ1) is 12.4. The number of non-ortho nitro benzene ring substituents is 2. The molecule has 6 nitrogen and oxygen atoms in total. The average Bonchev–Trinajstić information content (AvgIpc) is 2.63. The van der Waals surface area contributed by atoms with Gasteiger partial charge in [-0.15, -0.1) is 0 Å². The first kappa shape index (κ1) is 19.6. The lowest BCUT2D eigenvalue weighted by molar-refractivity contribution is -0.385. The predicted molar refractivity (Wildman–Crippen MR) is 101 cm³/mol. The smallest absolute Gasteiger partial charge is 0.258 e. The van der Waals surface area contributed by atoms with Crippen LogP contribution in [0.2, 0.25) is 0 Å². The first-order valence-corrected chi connectivity index (χ1v) is 8.91. The highest BCUT2D eigenvalue weighted by Gasteiger charge is 2.18. The summed E-state index contributed by atoms with van der Waals surface area (Å²) in [5.41, 5.74) is 2.12. The van der Waals surface area contributed by atoms with Crippen LogP contribution in [0, 0.1) is 26.1 Å². The van der Waals surface area contributed by atoms with Crippen LogP contribution in [0.5, 0.6) is 0 Å². The largest absolute Gasteiger partial charge is 0.269 e. The van der Waals surface area contributed by atoms with Crippen LogP contribution in [0.4, 0.5) is 11.4 Å². The van der Waals surface area contributed by atoms with Crippen molar-refractivity contribution < 1.29 is 9.85 Å². The summed E-state index contributed by atoms with van der Waals surface area (Å²) in [4.78, 5) is 20.9. The Bertz CT molecular complexity index is 684. The van der Waals surface area contributed by atoms with E-state index in [4.69, 9.17) is 0 Å². The van der Waals surface area contributed by atoms with Crippen molar-refractivity contribution in [1.82, 2.24) is 0 Å². The molecule has 2 aromatic rings. The minimum Gasteiger partial charge on any atom is -0.258 e. The second-order valence-corrected chi connectivity index (χ2v) is 6.72. The number of hydrogen-bond acceptors (Lipinski definition) is 4. The highest BCUT2D eigenvalue weighted by molar-refractivity contribution is 5.41. The lowest BCUT2D eigenvalue weighted by Gasteiger charge is -2.20. The van der Waals surface area contributed by atoms with Crippen LogP contribution < -0.4 is 0 Å². The standard InChI is InChI=1S/C20H24N2O4/c1-3-4-15(2)5-14-20(16-6-10-18(11-7-16)21(23)24)17-8-12-19(13-9-17)22(25)26/h6-13,15,20H,3-5,14H2,1-2H3. The maximum absolute atomic E-state index is 10.9. The van der Waals surface area contributed by atoms with Gasteiger partial charge >= 0.3 is 0 Å². The molecular weight excluding hydrogens is 332 g/mol. The number of nitrogens with zero attached hydrogens (tertiary/aromatic N) is 2. The number of rotatable bonds is 9. The second kappa shape index (κ2) is 9.08. The van der Waals surface area contributed by atoms with Crippen molar-refractivity contribution in [2.75, 3.05) is 0 Å². The SMILES string of the molecule is CCCC(C)CCC(c1ccc([N+](=O)[O-])cc1)c1ccc([N+](=O)[O-])cc1. The quantitative estimate of drug-likeness (QED) is 0.416. The summed E-state index contributed by atoms with van der Waals surface area (Å²) >= 11 is 0. The number of benzene rings is 2. The Morgan fingerprint density at radius 3 is 1.54 bits per heavy atom. The van der Waals surface area contributed by atoms with E-state index in [2.05, 4.69) is 13.8 Å². The molecule has 0 aliphatic rings. The molecule has 0 N–H and O–H groups in total. The van der Waals surface area contributed by atoms with Gasteiger partial charge in [-0.1, -0.05) is 51.0 Å². The minimum atomic E-state index is -0.409. The first-order valence-electron chi connectivity index (χ1n) is 8.91. The lowest BCUT2D eigenvalue weighted by atomic mass is 9.84. The van der Waals surface area contributed by atoms with Gasteiger partial charge < -0.3 is 0 Å². The number of hydrogen-bond donors (Lipinski definition) is 0. The van der Waals surface area contributed by atoms with E-state index in [1.54, 1.807) is 24.3 Å². The van der Waals surface area contributed by atoms with Gasteiger partial charge in [0.25, 0.3) is 11.4 Å². The molecule has 138 valence electrons. The zero-order valence-corrected chi connectivity index (χ0v) is 15.1. The van der Waals surface area contributed by atoms with Crippen LogP contribution in [0.15, 0.2) is 48.5 Å². The van der Waals surface area contributed by atoms with Gasteiger partial charge in [0.2, 0.25) is 0 Å². The molecule has 26 heavy (non-hydrogen) atoms. The Morgan fingerprint density at radius 1 is 0.769 bits per heavy atom. The molecule has 0 radical (unpaired) electrons. The molecule has 2 aromatic carbocycles. The van der Waals surface area contributed by atoms with E-state index in [9.17, 15) is 20.2 Å². The molecule has 0 heterocycles. The summed E-state index contributed by atoms with van der Waals surface area (Å²) in [7, 11) is 0. The molecule has 1 unspecified atom stereocenters. The molecular formula is C20H24N2O4. The Balaban J connectivity index is 2.28. The van der Waals surface area contributed by atoms with Crippen LogP contribution in [0.25, 0.3) is 0 Å². The van der Waals surface area contributed by atoms with Crippen LogP contribution in [0.1, 0.15) is 56.6 Å². The summed E-state index contributed by atoms with van der Waals surface area (Å²) in [6, 6.07) is 13.2. The van der Waals surface area contributed by atoms with Crippen LogP contribution >= 0.6 is 0 Å². The predicted octanol–water partition coefficient (Wildman–Crippen LogP) is 5.85. The highest BCUT2D eigenvalue weighted by atomic mass is 16.6. The van der Waals surface area contributed by atoms with Crippen molar-refractivity contribution in [3.8, 4) is 0 Å². The van der Waals surface area contributed by atoms with Crippen LogP contribution in [-0.2, 0) is 0 Å². The monoisotopic (exact) mass is 356 g/mol. The maximum atomic E-state index is 10.9. The third-order valence-electron chi connectivity index (χ3n) is 4.74. The molecule has 0 bridgehead atoms. The summed E-state index contributed by atoms with van der Waals surface area (Å²) in [6.45, 7) is 4.40. The van der Waals surface area contributed by atoms with Gasteiger partial charge in [0.15, 0.2) is 0 Å². The zero-order chi connectivity index (χ0) is 19.1.